The van der Waals surface area contributed by atoms with Gasteiger partial charge in [-0.25, -0.2) is 0 Å². The van der Waals surface area contributed by atoms with Crippen LogP contribution in [0.4, 0.5) is 0 Å². The molecule has 0 aliphatic heterocycles. The van der Waals surface area contributed by atoms with Gasteiger partial charge in [-0.2, -0.15) is 0 Å². The van der Waals surface area contributed by atoms with E-state index < -0.39 is 16.4 Å². The van der Waals surface area contributed by atoms with Crippen LogP contribution in [-0.4, -0.2) is 20.8 Å². The third-order valence-corrected chi connectivity index (χ3v) is 10.9. The Kier molecular flexibility index (Phi) is 3.91. The van der Waals surface area contributed by atoms with E-state index in [2.05, 4.69) is 88.5 Å². The summed E-state index contributed by atoms with van der Waals surface area (Å²) in [7, 11) is -3.27. The first-order chi connectivity index (χ1) is 9.43. The van der Waals surface area contributed by atoms with Crippen LogP contribution < -0.4 is 9.61 Å². The summed E-state index contributed by atoms with van der Waals surface area (Å²) < 4.78 is 8.95. The third-order valence-electron chi connectivity index (χ3n) is 4.61. The molecule has 0 fully saturated rings. The molecule has 0 amide bonds. The molecule has 0 aliphatic rings. The summed E-state index contributed by atoms with van der Waals surface area (Å²) >= 11 is 0. The van der Waals surface area contributed by atoms with Crippen molar-refractivity contribution < 1.29 is 4.43 Å². The van der Waals surface area contributed by atoms with Gasteiger partial charge in [0, 0.05) is 12.4 Å². The number of hydrogen-bond acceptors (Lipinski definition) is 1. The zero-order valence-corrected chi connectivity index (χ0v) is 16.7. The molecule has 0 aromatic carbocycles. The summed E-state index contributed by atoms with van der Waals surface area (Å²) in [5.74, 6) is 1.14. The van der Waals surface area contributed by atoms with E-state index in [1.54, 1.807) is 0 Å². The maximum atomic E-state index is 6.73. The Morgan fingerprint density at radius 3 is 2.14 bits per heavy atom. The highest BCUT2D eigenvalue weighted by Crippen LogP contribution is 2.38. The van der Waals surface area contributed by atoms with Crippen LogP contribution in [0, 0.1) is 0 Å². The zero-order valence-electron chi connectivity index (χ0n) is 14.7. The van der Waals surface area contributed by atoms with Crippen molar-refractivity contribution in [1.29, 1.82) is 0 Å². The molecule has 0 aliphatic carbocycles. The average Bonchev–Trinajstić information content (AvgIpc) is 2.66. The minimum Gasteiger partial charge on any atom is -0.542 e. The van der Waals surface area contributed by atoms with Crippen LogP contribution in [0.15, 0.2) is 30.6 Å². The van der Waals surface area contributed by atoms with Crippen molar-refractivity contribution in [3.63, 3.8) is 0 Å². The molecule has 0 unspecified atom stereocenters. The fraction of sp³-hybridized carbons (Fsp3) is 0.529. The van der Waals surface area contributed by atoms with Crippen molar-refractivity contribution >= 4 is 27.1 Å². The molecular formula is C17H29NOSi2. The average molecular weight is 320 g/mol. The number of aromatic nitrogens is 1. The van der Waals surface area contributed by atoms with E-state index in [0.717, 1.165) is 5.75 Å². The molecule has 116 valence electrons. The SMILES string of the molecule is CC(C)(C)[Si](C)(C)Oc1c([Si](C)(C)C)cn2ccccc12. The number of hydrogen-bond donors (Lipinski definition) is 0. The lowest BCUT2D eigenvalue weighted by atomic mass is 10.2. The Labute approximate surface area is 131 Å². The van der Waals surface area contributed by atoms with Gasteiger partial charge in [0.25, 0.3) is 8.32 Å². The van der Waals surface area contributed by atoms with Crippen LogP contribution in [-0.2, 0) is 0 Å². The topological polar surface area (TPSA) is 13.6 Å². The van der Waals surface area contributed by atoms with Crippen LogP contribution in [0.3, 0.4) is 0 Å². The van der Waals surface area contributed by atoms with Gasteiger partial charge >= 0.3 is 0 Å². The number of nitrogens with zero attached hydrogens (tertiary/aromatic N) is 1. The Balaban J connectivity index is 2.62. The van der Waals surface area contributed by atoms with Crippen molar-refractivity contribution in [2.24, 2.45) is 0 Å². The summed E-state index contributed by atoms with van der Waals surface area (Å²) in [4.78, 5) is 0. The van der Waals surface area contributed by atoms with Crippen molar-refractivity contribution in [2.75, 3.05) is 0 Å². The van der Waals surface area contributed by atoms with E-state index in [-0.39, 0.29) is 5.04 Å². The molecule has 0 radical (unpaired) electrons. The monoisotopic (exact) mass is 319 g/mol. The van der Waals surface area contributed by atoms with E-state index in [4.69, 9.17) is 4.43 Å². The summed E-state index contributed by atoms with van der Waals surface area (Å²) in [5, 5.41) is 1.64. The lowest BCUT2D eigenvalue weighted by molar-refractivity contribution is 0.499. The van der Waals surface area contributed by atoms with Gasteiger partial charge in [-0.1, -0.05) is 46.5 Å². The molecule has 2 nitrogen and oxygen atoms in total. The molecule has 0 atom stereocenters. The maximum absolute atomic E-state index is 6.73. The first-order valence-electron chi connectivity index (χ1n) is 7.73. The van der Waals surface area contributed by atoms with Crippen molar-refractivity contribution in [3.8, 4) is 5.75 Å². The normalized spacial score (nSPS) is 13.7. The smallest absolute Gasteiger partial charge is 0.250 e. The van der Waals surface area contributed by atoms with E-state index >= 15 is 0 Å². The Hall–Kier alpha value is -1.01. The highest BCUT2D eigenvalue weighted by atomic mass is 28.4. The van der Waals surface area contributed by atoms with Gasteiger partial charge in [-0.3, -0.25) is 0 Å². The Morgan fingerprint density at radius 1 is 1.00 bits per heavy atom. The van der Waals surface area contributed by atoms with Crippen molar-refractivity contribution in [3.05, 3.63) is 30.6 Å². The largest absolute Gasteiger partial charge is 0.542 e. The molecule has 0 N–H and O–H groups in total. The standard InChI is InChI=1S/C17H29NOSi2/c1-17(2,3)21(7,8)19-16-14-11-9-10-12-18(14)13-15(16)20(4,5)6/h9-13H,1-8H3. The number of pyridine rings is 1. The lowest BCUT2D eigenvalue weighted by Crippen LogP contribution is -2.47. The van der Waals surface area contributed by atoms with E-state index in [1.165, 1.54) is 10.7 Å². The highest BCUT2D eigenvalue weighted by molar-refractivity contribution is 6.89. The summed E-state index contributed by atoms with van der Waals surface area (Å²) in [6, 6.07) is 6.35. The van der Waals surface area contributed by atoms with Gasteiger partial charge in [-0.15, -0.1) is 0 Å². The van der Waals surface area contributed by atoms with Gasteiger partial charge in [0.1, 0.15) is 5.75 Å². The zero-order chi connectivity index (χ0) is 16.1. The summed E-state index contributed by atoms with van der Waals surface area (Å²) in [6.07, 6.45) is 4.40. The second-order valence-corrected chi connectivity index (χ2v) is 18.2. The fourth-order valence-corrected chi connectivity index (χ4v) is 4.67. The van der Waals surface area contributed by atoms with Crippen molar-refractivity contribution in [2.45, 2.75) is 58.5 Å². The van der Waals surface area contributed by atoms with Crippen LogP contribution in [0.25, 0.3) is 5.52 Å². The Morgan fingerprint density at radius 2 is 1.62 bits per heavy atom. The quantitative estimate of drug-likeness (QED) is 0.736. The third kappa shape index (κ3) is 3.11. The van der Waals surface area contributed by atoms with Gasteiger partial charge in [0.15, 0.2) is 0 Å². The molecule has 0 spiro atoms. The van der Waals surface area contributed by atoms with E-state index in [9.17, 15) is 0 Å². The minimum absolute atomic E-state index is 0.215. The molecule has 2 aromatic heterocycles. The molecule has 21 heavy (non-hydrogen) atoms. The van der Waals surface area contributed by atoms with Gasteiger partial charge in [-0.05, 0) is 35.5 Å². The number of fused-ring (bicyclic) bond motifs is 1. The molecule has 2 rings (SSSR count). The predicted molar refractivity (Wildman–Crippen MR) is 98.2 cm³/mol. The van der Waals surface area contributed by atoms with E-state index in [0.29, 0.717) is 0 Å². The second-order valence-electron chi connectivity index (χ2n) is 8.48. The van der Waals surface area contributed by atoms with Gasteiger partial charge in [0.05, 0.1) is 13.6 Å². The molecular weight excluding hydrogens is 290 g/mol. The van der Waals surface area contributed by atoms with Crippen LogP contribution >= 0.6 is 0 Å². The van der Waals surface area contributed by atoms with Gasteiger partial charge < -0.3 is 8.83 Å². The number of rotatable bonds is 3. The molecule has 0 saturated carbocycles. The van der Waals surface area contributed by atoms with E-state index in [1.807, 2.05) is 0 Å². The fourth-order valence-electron chi connectivity index (χ4n) is 2.15. The van der Waals surface area contributed by atoms with Gasteiger partial charge in [0.2, 0.25) is 0 Å². The summed E-state index contributed by atoms with van der Waals surface area (Å²) in [5.41, 5.74) is 1.21. The van der Waals surface area contributed by atoms with Crippen LogP contribution in [0.5, 0.6) is 5.75 Å². The maximum Gasteiger partial charge on any atom is 0.250 e. The Bertz CT molecular complexity index is 645. The second kappa shape index (κ2) is 5.02. The molecule has 2 heterocycles. The summed E-state index contributed by atoms with van der Waals surface area (Å²) in [6.45, 7) is 18.7. The predicted octanol–water partition coefficient (Wildman–Crippen LogP) is 4.87. The minimum atomic E-state index is -1.83. The highest BCUT2D eigenvalue weighted by Gasteiger charge is 2.40. The van der Waals surface area contributed by atoms with Crippen LogP contribution in [0.2, 0.25) is 37.8 Å². The van der Waals surface area contributed by atoms with Crippen LogP contribution in [0.1, 0.15) is 20.8 Å². The molecule has 0 saturated heterocycles. The molecule has 2 aromatic rings. The molecule has 4 heteroatoms. The first-order valence-corrected chi connectivity index (χ1v) is 14.1. The molecule has 0 bridgehead atoms. The van der Waals surface area contributed by atoms with Crippen molar-refractivity contribution in [1.82, 2.24) is 4.40 Å². The first kappa shape index (κ1) is 16.4. The lowest BCUT2D eigenvalue weighted by Gasteiger charge is -2.37.